The molecule has 0 aliphatic rings. The van der Waals surface area contributed by atoms with Gasteiger partial charge >= 0.3 is 0 Å². The van der Waals surface area contributed by atoms with Crippen molar-refractivity contribution in [3.63, 3.8) is 0 Å². The molecule has 0 aliphatic carbocycles. The van der Waals surface area contributed by atoms with Crippen LogP contribution in [0.4, 0.5) is 0 Å². The Balaban J connectivity index is 2.58. The second-order valence-electron chi connectivity index (χ2n) is 2.45. The number of hydrogen-bond acceptors (Lipinski definition) is 3. The number of aromatic nitrogens is 3. The van der Waals surface area contributed by atoms with Crippen molar-refractivity contribution in [3.05, 3.63) is 30.2 Å². The van der Waals surface area contributed by atoms with Crippen molar-refractivity contribution >= 4 is 5.65 Å². The smallest absolute Gasteiger partial charge is 0.170 e. The summed E-state index contributed by atoms with van der Waals surface area (Å²) in [5, 5.41) is 4.08. The minimum atomic E-state index is 0.351. The van der Waals surface area contributed by atoms with Gasteiger partial charge in [0.05, 0.1) is 18.3 Å². The molecule has 0 aliphatic heterocycles. The van der Waals surface area contributed by atoms with E-state index in [1.807, 2.05) is 12.3 Å². The van der Waals surface area contributed by atoms with Crippen LogP contribution in [0.25, 0.3) is 5.65 Å². The lowest BCUT2D eigenvalue weighted by Crippen LogP contribution is -1.93. The zero-order valence-electron chi connectivity index (χ0n) is 6.94. The van der Waals surface area contributed by atoms with E-state index in [-0.39, 0.29) is 0 Å². The predicted octanol–water partition coefficient (Wildman–Crippen LogP) is 0.0395. The molecule has 0 bridgehead atoms. The number of nitrogens with two attached hydrogens (primary N) is 1. The first-order valence-electron chi connectivity index (χ1n) is 3.89. The van der Waals surface area contributed by atoms with Crippen LogP contribution in [0.2, 0.25) is 0 Å². The Bertz CT molecular complexity index is 475. The number of nitrogens with zero attached hydrogens (tertiary/aromatic N) is 3. The molecule has 0 unspecified atom stereocenters. The van der Waals surface area contributed by atoms with Gasteiger partial charge in [-0.1, -0.05) is 11.8 Å². The first kappa shape index (κ1) is 7.77. The van der Waals surface area contributed by atoms with E-state index in [2.05, 4.69) is 21.9 Å². The van der Waals surface area contributed by atoms with E-state index in [4.69, 9.17) is 5.73 Å². The number of rotatable bonds is 0. The largest absolute Gasteiger partial charge is 0.320 e. The summed E-state index contributed by atoms with van der Waals surface area (Å²) in [6.07, 6.45) is 5.23. The van der Waals surface area contributed by atoms with Gasteiger partial charge in [-0.25, -0.2) is 9.50 Å². The van der Waals surface area contributed by atoms with Gasteiger partial charge in [0.1, 0.15) is 0 Å². The standard InChI is InChI=1S/C9H8N4/c10-4-1-3-8-7-12-13-6-2-5-11-9(8)13/h2,5-7H,4,10H2. The molecule has 2 aromatic rings. The molecule has 0 fully saturated rings. The number of hydrogen-bond donors (Lipinski definition) is 1. The summed E-state index contributed by atoms with van der Waals surface area (Å²) in [6.45, 7) is 0.351. The summed E-state index contributed by atoms with van der Waals surface area (Å²) in [4.78, 5) is 4.15. The zero-order valence-corrected chi connectivity index (χ0v) is 6.94. The van der Waals surface area contributed by atoms with Gasteiger partial charge in [0, 0.05) is 12.4 Å². The average molecular weight is 172 g/mol. The van der Waals surface area contributed by atoms with E-state index < -0.39 is 0 Å². The molecule has 2 heterocycles. The molecule has 0 aromatic carbocycles. The van der Waals surface area contributed by atoms with E-state index in [0.717, 1.165) is 11.2 Å². The van der Waals surface area contributed by atoms with Crippen molar-refractivity contribution in [1.29, 1.82) is 0 Å². The summed E-state index contributed by atoms with van der Waals surface area (Å²) in [5.41, 5.74) is 6.85. The van der Waals surface area contributed by atoms with Crippen molar-refractivity contribution in [2.75, 3.05) is 6.54 Å². The molecule has 4 heteroatoms. The van der Waals surface area contributed by atoms with Crippen molar-refractivity contribution in [2.24, 2.45) is 5.73 Å². The summed E-state index contributed by atoms with van der Waals surface area (Å²) in [7, 11) is 0. The third-order valence-corrected chi connectivity index (χ3v) is 1.60. The summed E-state index contributed by atoms with van der Waals surface area (Å²) < 4.78 is 1.68. The van der Waals surface area contributed by atoms with Crippen LogP contribution < -0.4 is 5.73 Å². The lowest BCUT2D eigenvalue weighted by atomic mass is 10.3. The highest BCUT2D eigenvalue weighted by Crippen LogP contribution is 2.03. The van der Waals surface area contributed by atoms with Crippen molar-refractivity contribution < 1.29 is 0 Å². The highest BCUT2D eigenvalue weighted by molar-refractivity contribution is 5.55. The van der Waals surface area contributed by atoms with Crippen LogP contribution in [0.15, 0.2) is 24.7 Å². The van der Waals surface area contributed by atoms with Crippen molar-refractivity contribution in [3.8, 4) is 11.8 Å². The molecule has 4 nitrogen and oxygen atoms in total. The first-order valence-corrected chi connectivity index (χ1v) is 3.89. The lowest BCUT2D eigenvalue weighted by molar-refractivity contribution is 0.939. The fraction of sp³-hybridized carbons (Fsp3) is 0.111. The van der Waals surface area contributed by atoms with E-state index in [1.54, 1.807) is 16.9 Å². The normalized spacial score (nSPS) is 9.62. The molecule has 0 amide bonds. The van der Waals surface area contributed by atoms with E-state index in [1.165, 1.54) is 0 Å². The Morgan fingerprint density at radius 2 is 2.46 bits per heavy atom. The fourth-order valence-corrected chi connectivity index (χ4v) is 1.06. The van der Waals surface area contributed by atoms with Crippen LogP contribution in [0.5, 0.6) is 0 Å². The van der Waals surface area contributed by atoms with Crippen molar-refractivity contribution in [2.45, 2.75) is 0 Å². The van der Waals surface area contributed by atoms with Gasteiger partial charge in [0.15, 0.2) is 5.65 Å². The lowest BCUT2D eigenvalue weighted by Gasteiger charge is -1.88. The van der Waals surface area contributed by atoms with Crippen LogP contribution in [-0.2, 0) is 0 Å². The Labute approximate surface area is 75.4 Å². The maximum atomic E-state index is 5.27. The minimum Gasteiger partial charge on any atom is -0.320 e. The fourth-order valence-electron chi connectivity index (χ4n) is 1.06. The Hall–Kier alpha value is -1.86. The molecule has 0 radical (unpaired) electrons. The highest BCUT2D eigenvalue weighted by Gasteiger charge is 1.99. The molecule has 0 saturated heterocycles. The number of fused-ring (bicyclic) bond motifs is 1. The second kappa shape index (κ2) is 3.25. The maximum Gasteiger partial charge on any atom is 0.170 e. The monoisotopic (exact) mass is 172 g/mol. The second-order valence-corrected chi connectivity index (χ2v) is 2.45. The summed E-state index contributed by atoms with van der Waals surface area (Å²) >= 11 is 0. The van der Waals surface area contributed by atoms with E-state index in [0.29, 0.717) is 6.54 Å². The van der Waals surface area contributed by atoms with Gasteiger partial charge in [0.2, 0.25) is 0 Å². The third kappa shape index (κ3) is 1.37. The molecule has 0 spiro atoms. The van der Waals surface area contributed by atoms with Gasteiger partial charge < -0.3 is 5.73 Å². The molecule has 0 saturated carbocycles. The van der Waals surface area contributed by atoms with Crippen LogP contribution in [0.3, 0.4) is 0 Å². The molecule has 64 valence electrons. The summed E-state index contributed by atoms with van der Waals surface area (Å²) in [5.74, 6) is 5.67. The van der Waals surface area contributed by atoms with E-state index in [9.17, 15) is 0 Å². The molecule has 2 N–H and O–H groups in total. The highest BCUT2D eigenvalue weighted by atomic mass is 15.2. The predicted molar refractivity (Wildman–Crippen MR) is 48.9 cm³/mol. The maximum absolute atomic E-state index is 5.27. The van der Waals surface area contributed by atoms with Gasteiger partial charge in [-0.05, 0) is 6.07 Å². The molecule has 0 atom stereocenters. The van der Waals surface area contributed by atoms with Gasteiger partial charge in [0.25, 0.3) is 0 Å². The molecule has 2 aromatic heterocycles. The van der Waals surface area contributed by atoms with E-state index >= 15 is 0 Å². The van der Waals surface area contributed by atoms with Crippen LogP contribution in [-0.4, -0.2) is 21.1 Å². The quantitative estimate of drug-likeness (QED) is 0.571. The first-order chi connectivity index (χ1) is 6.42. The Kier molecular flexibility index (Phi) is 1.94. The van der Waals surface area contributed by atoms with Crippen LogP contribution in [0, 0.1) is 11.8 Å². The third-order valence-electron chi connectivity index (χ3n) is 1.60. The summed E-state index contributed by atoms with van der Waals surface area (Å²) in [6, 6.07) is 1.82. The Morgan fingerprint density at radius 3 is 3.31 bits per heavy atom. The van der Waals surface area contributed by atoms with Crippen LogP contribution in [0.1, 0.15) is 5.56 Å². The van der Waals surface area contributed by atoms with Crippen LogP contribution >= 0.6 is 0 Å². The molecular weight excluding hydrogens is 164 g/mol. The average Bonchev–Trinajstić information content (AvgIpc) is 2.58. The molecular formula is C9H8N4. The molecule has 2 rings (SSSR count). The zero-order chi connectivity index (χ0) is 9.10. The van der Waals surface area contributed by atoms with Gasteiger partial charge in [-0.15, -0.1) is 0 Å². The topological polar surface area (TPSA) is 56.2 Å². The Morgan fingerprint density at radius 1 is 1.54 bits per heavy atom. The SMILES string of the molecule is NCC#Cc1cnn2cccnc12. The molecule has 13 heavy (non-hydrogen) atoms. The minimum absolute atomic E-state index is 0.351. The van der Waals surface area contributed by atoms with Crippen molar-refractivity contribution in [1.82, 2.24) is 14.6 Å². The van der Waals surface area contributed by atoms with Gasteiger partial charge in [-0.2, -0.15) is 5.10 Å². The van der Waals surface area contributed by atoms with Gasteiger partial charge in [-0.3, -0.25) is 0 Å².